The van der Waals surface area contributed by atoms with Crippen LogP contribution in [0.25, 0.3) is 0 Å². The van der Waals surface area contributed by atoms with Gasteiger partial charge in [-0.25, -0.2) is 13.1 Å². The molecule has 0 spiro atoms. The quantitative estimate of drug-likeness (QED) is 0.801. The zero-order valence-corrected chi connectivity index (χ0v) is 13.6. The van der Waals surface area contributed by atoms with Crippen molar-refractivity contribution < 1.29 is 13.2 Å². The first kappa shape index (κ1) is 16.9. The standard InChI is InChI=1S/C15H23N3O3S/c1-18(13-7-10-16-11-8-13)15(19)9-12-17-22(20,21)14-5-3-2-4-6-14/h2-6,13,16-17H,7-12H2,1H3. The summed E-state index contributed by atoms with van der Waals surface area (Å²) in [5.41, 5.74) is 0. The normalized spacial score (nSPS) is 16.4. The monoisotopic (exact) mass is 325 g/mol. The highest BCUT2D eigenvalue weighted by molar-refractivity contribution is 7.89. The molecule has 0 unspecified atom stereocenters. The fourth-order valence-corrected chi connectivity index (χ4v) is 3.60. The predicted octanol–water partition coefficient (Wildman–Crippen LogP) is 0.565. The Balaban J connectivity index is 1.81. The summed E-state index contributed by atoms with van der Waals surface area (Å²) in [5, 5.41) is 3.26. The van der Waals surface area contributed by atoms with E-state index in [-0.39, 0.29) is 29.8 Å². The molecule has 0 atom stereocenters. The average molecular weight is 325 g/mol. The Morgan fingerprint density at radius 1 is 1.27 bits per heavy atom. The number of amides is 1. The molecule has 7 heteroatoms. The molecular formula is C15H23N3O3S. The maximum atomic E-state index is 12.1. The minimum Gasteiger partial charge on any atom is -0.343 e. The summed E-state index contributed by atoms with van der Waals surface area (Å²) < 4.78 is 26.6. The van der Waals surface area contributed by atoms with Gasteiger partial charge in [0.1, 0.15) is 0 Å². The highest BCUT2D eigenvalue weighted by Gasteiger charge is 2.22. The third kappa shape index (κ3) is 4.53. The molecular weight excluding hydrogens is 302 g/mol. The highest BCUT2D eigenvalue weighted by atomic mass is 32.2. The van der Waals surface area contributed by atoms with Crippen LogP contribution in [-0.2, 0) is 14.8 Å². The van der Waals surface area contributed by atoms with E-state index < -0.39 is 10.0 Å². The summed E-state index contributed by atoms with van der Waals surface area (Å²) in [6.45, 7) is 1.96. The molecule has 1 heterocycles. The second-order valence-corrected chi connectivity index (χ2v) is 7.21. The SMILES string of the molecule is CN(C(=O)CCNS(=O)(=O)c1ccccc1)C1CCNCC1. The molecule has 22 heavy (non-hydrogen) atoms. The summed E-state index contributed by atoms with van der Waals surface area (Å²) in [6, 6.07) is 8.42. The van der Waals surface area contributed by atoms with Crippen molar-refractivity contribution in [2.24, 2.45) is 0 Å². The molecule has 1 fully saturated rings. The van der Waals surface area contributed by atoms with Gasteiger partial charge in [0.25, 0.3) is 0 Å². The lowest BCUT2D eigenvalue weighted by molar-refractivity contribution is -0.132. The lowest BCUT2D eigenvalue weighted by atomic mass is 10.1. The lowest BCUT2D eigenvalue weighted by Gasteiger charge is -2.31. The molecule has 0 aliphatic carbocycles. The number of piperidine rings is 1. The molecule has 122 valence electrons. The minimum atomic E-state index is -3.54. The molecule has 1 saturated heterocycles. The number of hydrogen-bond acceptors (Lipinski definition) is 4. The number of hydrogen-bond donors (Lipinski definition) is 2. The Labute approximate surface area is 131 Å². The summed E-state index contributed by atoms with van der Waals surface area (Å²) in [6.07, 6.45) is 2.06. The Morgan fingerprint density at radius 2 is 1.91 bits per heavy atom. The smallest absolute Gasteiger partial charge is 0.240 e. The molecule has 1 aromatic rings. The van der Waals surface area contributed by atoms with Gasteiger partial charge in [0.2, 0.25) is 15.9 Å². The summed E-state index contributed by atoms with van der Waals surface area (Å²) in [4.78, 5) is 14.1. The number of nitrogens with one attached hydrogen (secondary N) is 2. The van der Waals surface area contributed by atoms with Crippen LogP contribution in [0.4, 0.5) is 0 Å². The molecule has 2 rings (SSSR count). The first-order valence-corrected chi connectivity index (χ1v) is 9.00. The van der Waals surface area contributed by atoms with Crippen molar-refractivity contribution in [3.63, 3.8) is 0 Å². The van der Waals surface area contributed by atoms with Crippen LogP contribution in [0.2, 0.25) is 0 Å². The van der Waals surface area contributed by atoms with Gasteiger partial charge in [-0.05, 0) is 38.1 Å². The second-order valence-electron chi connectivity index (χ2n) is 5.45. The van der Waals surface area contributed by atoms with Crippen molar-refractivity contribution in [3.8, 4) is 0 Å². The largest absolute Gasteiger partial charge is 0.343 e. The van der Waals surface area contributed by atoms with E-state index in [9.17, 15) is 13.2 Å². The number of nitrogens with zero attached hydrogens (tertiary/aromatic N) is 1. The van der Waals surface area contributed by atoms with Crippen LogP contribution < -0.4 is 10.0 Å². The van der Waals surface area contributed by atoms with Gasteiger partial charge in [-0.3, -0.25) is 4.79 Å². The van der Waals surface area contributed by atoms with Crippen LogP contribution in [0.15, 0.2) is 35.2 Å². The maximum absolute atomic E-state index is 12.1. The Hall–Kier alpha value is -1.44. The van der Waals surface area contributed by atoms with E-state index in [1.54, 1.807) is 30.1 Å². The van der Waals surface area contributed by atoms with Crippen molar-refractivity contribution in [1.82, 2.24) is 14.9 Å². The third-order valence-electron chi connectivity index (χ3n) is 3.93. The van der Waals surface area contributed by atoms with Crippen molar-refractivity contribution in [3.05, 3.63) is 30.3 Å². The zero-order chi connectivity index (χ0) is 16.0. The van der Waals surface area contributed by atoms with Crippen LogP contribution in [0, 0.1) is 0 Å². The minimum absolute atomic E-state index is 0.0253. The van der Waals surface area contributed by atoms with Crippen molar-refractivity contribution >= 4 is 15.9 Å². The van der Waals surface area contributed by atoms with E-state index >= 15 is 0 Å². The van der Waals surface area contributed by atoms with E-state index in [2.05, 4.69) is 10.0 Å². The number of rotatable bonds is 6. The molecule has 2 N–H and O–H groups in total. The molecule has 0 bridgehead atoms. The van der Waals surface area contributed by atoms with Crippen LogP contribution in [-0.4, -0.2) is 51.9 Å². The zero-order valence-electron chi connectivity index (χ0n) is 12.8. The second kappa shape index (κ2) is 7.71. The maximum Gasteiger partial charge on any atom is 0.240 e. The van der Waals surface area contributed by atoms with Gasteiger partial charge in [-0.1, -0.05) is 18.2 Å². The van der Waals surface area contributed by atoms with Crippen molar-refractivity contribution in [1.29, 1.82) is 0 Å². The summed E-state index contributed by atoms with van der Waals surface area (Å²) in [5.74, 6) is -0.0253. The summed E-state index contributed by atoms with van der Waals surface area (Å²) in [7, 11) is -1.74. The number of sulfonamides is 1. The topological polar surface area (TPSA) is 78.5 Å². The van der Waals surface area contributed by atoms with E-state index in [1.165, 1.54) is 12.1 Å². The van der Waals surface area contributed by atoms with Gasteiger partial charge in [0.05, 0.1) is 4.90 Å². The van der Waals surface area contributed by atoms with Gasteiger partial charge in [-0.2, -0.15) is 0 Å². The molecule has 0 saturated carbocycles. The fourth-order valence-electron chi connectivity index (χ4n) is 2.55. The number of carbonyl (C=O) groups excluding carboxylic acids is 1. The van der Waals surface area contributed by atoms with Crippen LogP contribution in [0.1, 0.15) is 19.3 Å². The number of carbonyl (C=O) groups is 1. The van der Waals surface area contributed by atoms with Crippen LogP contribution >= 0.6 is 0 Å². The molecule has 1 aromatic carbocycles. The van der Waals surface area contributed by atoms with Gasteiger partial charge in [0.15, 0.2) is 0 Å². The molecule has 1 amide bonds. The number of benzene rings is 1. The predicted molar refractivity (Wildman–Crippen MR) is 84.9 cm³/mol. The fraction of sp³-hybridized carbons (Fsp3) is 0.533. The van der Waals surface area contributed by atoms with Gasteiger partial charge < -0.3 is 10.2 Å². The van der Waals surface area contributed by atoms with Crippen LogP contribution in [0.3, 0.4) is 0 Å². The highest BCUT2D eigenvalue weighted by Crippen LogP contribution is 2.11. The first-order chi connectivity index (χ1) is 10.5. The van der Waals surface area contributed by atoms with Crippen LogP contribution in [0.5, 0.6) is 0 Å². The summed E-state index contributed by atoms with van der Waals surface area (Å²) >= 11 is 0. The molecule has 1 aliphatic rings. The Morgan fingerprint density at radius 3 is 2.55 bits per heavy atom. The van der Waals surface area contributed by atoms with Crippen molar-refractivity contribution in [2.45, 2.75) is 30.2 Å². The molecule has 1 aliphatic heterocycles. The van der Waals surface area contributed by atoms with Gasteiger partial charge in [-0.15, -0.1) is 0 Å². The van der Waals surface area contributed by atoms with Gasteiger partial charge >= 0.3 is 0 Å². The molecule has 0 aromatic heterocycles. The lowest BCUT2D eigenvalue weighted by Crippen LogP contribution is -2.44. The van der Waals surface area contributed by atoms with E-state index in [0.717, 1.165) is 25.9 Å². The van der Waals surface area contributed by atoms with E-state index in [1.807, 2.05) is 0 Å². The average Bonchev–Trinajstić information content (AvgIpc) is 2.55. The molecule has 0 radical (unpaired) electrons. The third-order valence-corrected chi connectivity index (χ3v) is 5.41. The van der Waals surface area contributed by atoms with Crippen molar-refractivity contribution in [2.75, 3.05) is 26.7 Å². The first-order valence-electron chi connectivity index (χ1n) is 7.52. The van der Waals surface area contributed by atoms with E-state index in [0.29, 0.717) is 0 Å². The Kier molecular flexibility index (Phi) is 5.93. The van der Waals surface area contributed by atoms with E-state index in [4.69, 9.17) is 0 Å². The molecule has 6 nitrogen and oxygen atoms in total. The van der Waals surface area contributed by atoms with Gasteiger partial charge in [0, 0.05) is 26.1 Å². The Bertz CT molecular complexity index is 583.